The molecule has 0 saturated heterocycles. The van der Waals surface area contributed by atoms with Gasteiger partial charge in [0.2, 0.25) is 0 Å². The first-order valence-corrected chi connectivity index (χ1v) is 6.28. The van der Waals surface area contributed by atoms with Crippen LogP contribution in [0, 0.1) is 6.92 Å². The number of amides is 1. The molecule has 90 valence electrons. The third-order valence-corrected chi connectivity index (χ3v) is 3.15. The van der Waals surface area contributed by atoms with Crippen molar-refractivity contribution in [3.63, 3.8) is 0 Å². The van der Waals surface area contributed by atoms with Crippen molar-refractivity contribution in [1.82, 2.24) is 15.2 Å². The minimum absolute atomic E-state index is 0.162. The molecule has 0 unspecified atom stereocenters. The van der Waals surface area contributed by atoms with E-state index in [4.69, 9.17) is 0 Å². The van der Waals surface area contributed by atoms with Crippen LogP contribution in [0.1, 0.15) is 33.7 Å². The zero-order chi connectivity index (χ0) is 12.3. The summed E-state index contributed by atoms with van der Waals surface area (Å²) in [6.45, 7) is 3.97. The molecule has 0 spiro atoms. The van der Waals surface area contributed by atoms with Crippen LogP contribution >= 0.6 is 11.3 Å². The van der Waals surface area contributed by atoms with E-state index in [0.29, 0.717) is 10.7 Å². The smallest absolute Gasteiger partial charge is 0.268 e. The molecule has 0 saturated carbocycles. The molecule has 5 nitrogen and oxygen atoms in total. The topological polar surface area (TPSA) is 70.7 Å². The zero-order valence-corrected chi connectivity index (χ0v) is 10.6. The van der Waals surface area contributed by atoms with E-state index in [-0.39, 0.29) is 5.91 Å². The van der Waals surface area contributed by atoms with Gasteiger partial charge in [-0.1, -0.05) is 13.3 Å². The van der Waals surface area contributed by atoms with Crippen LogP contribution in [0.15, 0.2) is 12.3 Å². The first kappa shape index (κ1) is 11.8. The average Bonchev–Trinajstić information content (AvgIpc) is 2.88. The van der Waals surface area contributed by atoms with Crippen LogP contribution < -0.4 is 5.32 Å². The number of nitrogens with one attached hydrogen (secondary N) is 2. The van der Waals surface area contributed by atoms with Gasteiger partial charge in [-0.3, -0.25) is 9.89 Å². The third kappa shape index (κ3) is 2.91. The number of carbonyl (C=O) groups excluding carboxylic acids is 1. The summed E-state index contributed by atoms with van der Waals surface area (Å²) < 4.78 is 0. The number of aromatic amines is 1. The van der Waals surface area contributed by atoms with Crippen molar-refractivity contribution in [3.05, 3.63) is 27.8 Å². The number of aryl methyl sites for hydroxylation is 2. The molecular formula is C11H14N4OS. The zero-order valence-electron chi connectivity index (χ0n) is 9.78. The molecule has 0 atom stereocenters. The van der Waals surface area contributed by atoms with Gasteiger partial charge in [-0.15, -0.1) is 11.3 Å². The minimum atomic E-state index is -0.162. The molecule has 2 aromatic heterocycles. The Kier molecular flexibility index (Phi) is 3.53. The van der Waals surface area contributed by atoms with Crippen molar-refractivity contribution in [1.29, 1.82) is 0 Å². The van der Waals surface area contributed by atoms with Gasteiger partial charge >= 0.3 is 0 Å². The predicted octanol–water partition coefficient (Wildman–Crippen LogP) is 2.38. The number of rotatable bonds is 4. The fourth-order valence-corrected chi connectivity index (χ4v) is 2.14. The maximum Gasteiger partial charge on any atom is 0.268 e. The summed E-state index contributed by atoms with van der Waals surface area (Å²) in [5.74, 6) is 0.398. The maximum absolute atomic E-state index is 11.8. The van der Waals surface area contributed by atoms with Gasteiger partial charge in [-0.05, 0) is 13.3 Å². The van der Waals surface area contributed by atoms with Crippen molar-refractivity contribution < 1.29 is 4.79 Å². The van der Waals surface area contributed by atoms with Crippen LogP contribution in [0.3, 0.4) is 0 Å². The number of thiazole rings is 1. The van der Waals surface area contributed by atoms with Gasteiger partial charge in [0.15, 0.2) is 5.82 Å². The van der Waals surface area contributed by atoms with E-state index in [2.05, 4.69) is 27.4 Å². The summed E-state index contributed by atoms with van der Waals surface area (Å²) >= 11 is 1.37. The van der Waals surface area contributed by atoms with E-state index < -0.39 is 0 Å². The Morgan fingerprint density at radius 3 is 3.06 bits per heavy atom. The second kappa shape index (κ2) is 5.09. The van der Waals surface area contributed by atoms with Crippen LogP contribution in [-0.4, -0.2) is 21.1 Å². The highest BCUT2D eigenvalue weighted by Crippen LogP contribution is 2.14. The number of nitrogens with zero attached hydrogens (tertiary/aromatic N) is 2. The van der Waals surface area contributed by atoms with Crippen molar-refractivity contribution in [3.8, 4) is 0 Å². The number of hydrogen-bond acceptors (Lipinski definition) is 4. The molecule has 2 heterocycles. The summed E-state index contributed by atoms with van der Waals surface area (Å²) in [6, 6.07) is 1.86. The monoisotopic (exact) mass is 250 g/mol. The summed E-state index contributed by atoms with van der Waals surface area (Å²) in [5.41, 5.74) is 1.03. The largest absolute Gasteiger partial charge is 0.304 e. The molecule has 2 N–H and O–H groups in total. The Bertz CT molecular complexity index is 517. The molecule has 0 bridgehead atoms. The second-order valence-electron chi connectivity index (χ2n) is 3.73. The Morgan fingerprint density at radius 2 is 2.41 bits per heavy atom. The quantitative estimate of drug-likeness (QED) is 0.875. The molecular weight excluding hydrogens is 236 g/mol. The molecule has 0 fully saturated rings. The van der Waals surface area contributed by atoms with Gasteiger partial charge in [0.25, 0.3) is 5.91 Å². The summed E-state index contributed by atoms with van der Waals surface area (Å²) in [5, 5.41) is 10.5. The van der Waals surface area contributed by atoms with E-state index in [9.17, 15) is 4.79 Å². The lowest BCUT2D eigenvalue weighted by Crippen LogP contribution is -2.10. The summed E-state index contributed by atoms with van der Waals surface area (Å²) in [4.78, 5) is 16.4. The van der Waals surface area contributed by atoms with E-state index in [0.717, 1.165) is 23.5 Å². The molecule has 2 rings (SSSR count). The van der Waals surface area contributed by atoms with Gasteiger partial charge in [0, 0.05) is 11.8 Å². The summed E-state index contributed by atoms with van der Waals surface area (Å²) in [6.07, 6.45) is 3.56. The lowest BCUT2D eigenvalue weighted by molar-refractivity contribution is 0.103. The number of hydrogen-bond donors (Lipinski definition) is 2. The van der Waals surface area contributed by atoms with Gasteiger partial charge in [-0.25, -0.2) is 4.98 Å². The highest BCUT2D eigenvalue weighted by molar-refractivity contribution is 7.13. The van der Waals surface area contributed by atoms with Gasteiger partial charge < -0.3 is 5.32 Å². The number of aromatic nitrogens is 3. The first-order valence-electron chi connectivity index (χ1n) is 5.47. The van der Waals surface area contributed by atoms with Gasteiger partial charge in [0.05, 0.1) is 11.2 Å². The predicted molar refractivity (Wildman–Crippen MR) is 67.4 cm³/mol. The van der Waals surface area contributed by atoms with Crippen LogP contribution in [0.2, 0.25) is 0 Å². The van der Waals surface area contributed by atoms with Crippen molar-refractivity contribution in [2.45, 2.75) is 26.7 Å². The molecule has 0 radical (unpaired) electrons. The highest BCUT2D eigenvalue weighted by atomic mass is 32.1. The maximum atomic E-state index is 11.8. The average molecular weight is 250 g/mol. The summed E-state index contributed by atoms with van der Waals surface area (Å²) in [7, 11) is 0. The SMILES string of the molecule is CCCc1cc(NC(=O)c2cnc(C)s2)n[nH]1. The first-order chi connectivity index (χ1) is 8.19. The molecule has 2 aromatic rings. The second-order valence-corrected chi connectivity index (χ2v) is 4.96. The fourth-order valence-electron chi connectivity index (χ4n) is 1.47. The van der Waals surface area contributed by atoms with Crippen LogP contribution in [0.25, 0.3) is 0 Å². The Hall–Kier alpha value is -1.69. The van der Waals surface area contributed by atoms with E-state index in [1.165, 1.54) is 11.3 Å². The Balaban J connectivity index is 2.02. The molecule has 0 aliphatic rings. The van der Waals surface area contributed by atoms with Crippen molar-refractivity contribution >= 4 is 23.1 Å². The number of anilines is 1. The molecule has 0 aromatic carbocycles. The Morgan fingerprint density at radius 1 is 1.59 bits per heavy atom. The van der Waals surface area contributed by atoms with Crippen molar-refractivity contribution in [2.24, 2.45) is 0 Å². The third-order valence-electron chi connectivity index (χ3n) is 2.24. The molecule has 17 heavy (non-hydrogen) atoms. The van der Waals surface area contributed by atoms with Crippen molar-refractivity contribution in [2.75, 3.05) is 5.32 Å². The standard InChI is InChI=1S/C11H14N4OS/c1-3-4-8-5-10(15-14-8)13-11(16)9-6-12-7(2)17-9/h5-6H,3-4H2,1-2H3,(H2,13,14,15,16). The van der Waals surface area contributed by atoms with Crippen LogP contribution in [0.5, 0.6) is 0 Å². The minimum Gasteiger partial charge on any atom is -0.304 e. The van der Waals surface area contributed by atoms with E-state index >= 15 is 0 Å². The Labute approximate surface area is 103 Å². The normalized spacial score (nSPS) is 10.5. The number of carbonyl (C=O) groups is 1. The molecule has 1 amide bonds. The molecule has 6 heteroatoms. The number of H-pyrrole nitrogens is 1. The van der Waals surface area contributed by atoms with Crippen LogP contribution in [0.4, 0.5) is 5.82 Å². The fraction of sp³-hybridized carbons (Fsp3) is 0.364. The lowest BCUT2D eigenvalue weighted by atomic mass is 10.2. The highest BCUT2D eigenvalue weighted by Gasteiger charge is 2.10. The van der Waals surface area contributed by atoms with E-state index in [1.807, 2.05) is 13.0 Å². The molecule has 0 aliphatic heterocycles. The van der Waals surface area contributed by atoms with E-state index in [1.54, 1.807) is 6.20 Å². The van der Waals surface area contributed by atoms with Gasteiger partial charge in [0.1, 0.15) is 4.88 Å². The van der Waals surface area contributed by atoms with Crippen LogP contribution in [-0.2, 0) is 6.42 Å². The molecule has 0 aliphatic carbocycles. The van der Waals surface area contributed by atoms with Gasteiger partial charge in [-0.2, -0.15) is 5.10 Å². The lowest BCUT2D eigenvalue weighted by Gasteiger charge is -1.96.